The number of halogens is 1. The van der Waals surface area contributed by atoms with E-state index in [2.05, 4.69) is 15.6 Å². The van der Waals surface area contributed by atoms with Gasteiger partial charge < -0.3 is 21.1 Å². The van der Waals surface area contributed by atoms with Crippen molar-refractivity contribution in [3.8, 4) is 0 Å². The average molecular weight is 413 g/mol. The summed E-state index contributed by atoms with van der Waals surface area (Å²) >= 11 is 0. The molecule has 1 aromatic carbocycles. The van der Waals surface area contributed by atoms with Crippen molar-refractivity contribution in [2.24, 2.45) is 10.7 Å². The van der Waals surface area contributed by atoms with Crippen molar-refractivity contribution >= 4 is 27.6 Å². The molecule has 0 aliphatic carbocycles. The van der Waals surface area contributed by atoms with Gasteiger partial charge in [0.2, 0.25) is 21.9 Å². The molecule has 1 spiro atoms. The SMILES string of the molecule is COCC(=O)Nc1ccc(F)c([C@@]2(C)N=C(N)N(C)S(=O)(=O)[C@@]23CCNC3)c1. The number of nitrogens with one attached hydrogen (secondary N) is 2. The maximum absolute atomic E-state index is 14.9. The molecule has 1 fully saturated rings. The second-order valence-electron chi connectivity index (χ2n) is 7.11. The van der Waals surface area contributed by atoms with Gasteiger partial charge in [-0.05, 0) is 38.1 Å². The number of amides is 1. The van der Waals surface area contributed by atoms with Gasteiger partial charge in [0.15, 0.2) is 0 Å². The van der Waals surface area contributed by atoms with Gasteiger partial charge in [-0.15, -0.1) is 0 Å². The first kappa shape index (κ1) is 20.5. The summed E-state index contributed by atoms with van der Waals surface area (Å²) < 4.78 is 45.9. The molecule has 9 nitrogen and oxygen atoms in total. The molecule has 0 aromatic heterocycles. The zero-order valence-electron chi connectivity index (χ0n) is 16.0. The number of methoxy groups -OCH3 is 1. The lowest BCUT2D eigenvalue weighted by Crippen LogP contribution is -2.65. The number of nitrogens with two attached hydrogens (primary N) is 1. The van der Waals surface area contributed by atoms with E-state index in [0.29, 0.717) is 12.2 Å². The van der Waals surface area contributed by atoms with E-state index in [1.54, 1.807) is 6.92 Å². The molecular weight excluding hydrogens is 389 g/mol. The number of carbonyl (C=O) groups is 1. The van der Waals surface area contributed by atoms with Crippen molar-refractivity contribution in [3.05, 3.63) is 29.6 Å². The number of ether oxygens (including phenoxy) is 1. The van der Waals surface area contributed by atoms with Crippen molar-refractivity contribution in [2.75, 3.05) is 39.2 Å². The second-order valence-corrected chi connectivity index (χ2v) is 9.39. The fourth-order valence-corrected chi connectivity index (χ4v) is 6.07. The van der Waals surface area contributed by atoms with E-state index in [1.807, 2.05) is 0 Å². The van der Waals surface area contributed by atoms with Crippen LogP contribution < -0.4 is 16.4 Å². The molecule has 0 unspecified atom stereocenters. The number of benzene rings is 1. The molecule has 3 rings (SSSR count). The Morgan fingerprint density at radius 3 is 2.82 bits per heavy atom. The highest BCUT2D eigenvalue weighted by molar-refractivity contribution is 7.91. The summed E-state index contributed by atoms with van der Waals surface area (Å²) in [4.78, 5) is 16.3. The van der Waals surface area contributed by atoms with Crippen molar-refractivity contribution in [3.63, 3.8) is 0 Å². The van der Waals surface area contributed by atoms with Gasteiger partial charge in [0.1, 0.15) is 22.7 Å². The van der Waals surface area contributed by atoms with Gasteiger partial charge in [-0.3, -0.25) is 4.79 Å². The Morgan fingerprint density at radius 1 is 1.50 bits per heavy atom. The highest BCUT2D eigenvalue weighted by Crippen LogP contribution is 2.50. The third-order valence-corrected chi connectivity index (χ3v) is 8.21. The van der Waals surface area contributed by atoms with Crippen LogP contribution in [-0.4, -0.2) is 63.2 Å². The van der Waals surface area contributed by atoms with Crippen LogP contribution in [0.4, 0.5) is 10.1 Å². The Morgan fingerprint density at radius 2 is 2.21 bits per heavy atom. The van der Waals surface area contributed by atoms with Crippen LogP contribution >= 0.6 is 0 Å². The summed E-state index contributed by atoms with van der Waals surface area (Å²) in [6.45, 7) is 1.95. The molecule has 0 bridgehead atoms. The first-order valence-corrected chi connectivity index (χ1v) is 10.2. The van der Waals surface area contributed by atoms with Crippen molar-refractivity contribution in [2.45, 2.75) is 23.6 Å². The standard InChI is InChI=1S/C17H24FN5O4S/c1-16(12-8-11(4-5-13(12)18)21-14(24)9-27-3)17(6-7-20-10-17)28(25,26)23(2)15(19)22-16/h4-5,8,20H,6-7,9-10H2,1-3H3,(H2,19,22)(H,21,24)/t16-,17-/m1/s1. The topological polar surface area (TPSA) is 126 Å². The maximum atomic E-state index is 14.9. The zero-order chi connectivity index (χ0) is 20.7. The largest absolute Gasteiger partial charge is 0.375 e. The third kappa shape index (κ3) is 2.85. The van der Waals surface area contributed by atoms with Gasteiger partial charge in [-0.2, -0.15) is 0 Å². The van der Waals surface area contributed by atoms with Crippen molar-refractivity contribution in [1.82, 2.24) is 9.62 Å². The predicted octanol–water partition coefficient (Wildman–Crippen LogP) is -0.0522. The van der Waals surface area contributed by atoms with E-state index in [1.165, 1.54) is 32.4 Å². The number of anilines is 1. The van der Waals surface area contributed by atoms with E-state index in [9.17, 15) is 17.6 Å². The van der Waals surface area contributed by atoms with Crippen molar-refractivity contribution in [1.29, 1.82) is 0 Å². The fourth-order valence-electron chi connectivity index (χ4n) is 3.95. The number of carbonyl (C=O) groups excluding carboxylic acids is 1. The third-order valence-electron chi connectivity index (χ3n) is 5.57. The minimum atomic E-state index is -3.93. The van der Waals surface area contributed by atoms with E-state index in [0.717, 1.165) is 4.31 Å². The minimum Gasteiger partial charge on any atom is -0.375 e. The molecule has 2 aliphatic heterocycles. The van der Waals surface area contributed by atoms with Gasteiger partial charge in [0.05, 0.1) is 0 Å². The minimum absolute atomic E-state index is 0.0473. The van der Waals surface area contributed by atoms with E-state index >= 15 is 0 Å². The molecule has 11 heteroatoms. The first-order valence-electron chi connectivity index (χ1n) is 8.72. The number of sulfonamides is 1. The molecule has 0 radical (unpaired) electrons. The number of hydrogen-bond donors (Lipinski definition) is 3. The molecule has 1 aromatic rings. The lowest BCUT2D eigenvalue weighted by Gasteiger charge is -2.48. The van der Waals surface area contributed by atoms with E-state index < -0.39 is 32.0 Å². The molecule has 4 N–H and O–H groups in total. The summed E-state index contributed by atoms with van der Waals surface area (Å²) in [6.07, 6.45) is 0.243. The van der Waals surface area contributed by atoms with Crippen LogP contribution in [0.2, 0.25) is 0 Å². The van der Waals surface area contributed by atoms with Gasteiger partial charge in [0.25, 0.3) is 0 Å². The molecule has 0 saturated carbocycles. The molecule has 154 valence electrons. The van der Waals surface area contributed by atoms with Gasteiger partial charge in [-0.25, -0.2) is 22.1 Å². The summed E-state index contributed by atoms with van der Waals surface area (Å²) in [7, 11) is -1.20. The zero-order valence-corrected chi connectivity index (χ0v) is 16.8. The number of hydrogen-bond acceptors (Lipinski definition) is 7. The lowest BCUT2D eigenvalue weighted by molar-refractivity contribution is -0.119. The molecule has 2 aliphatic rings. The summed E-state index contributed by atoms with van der Waals surface area (Å²) in [5.74, 6) is -1.26. The van der Waals surface area contributed by atoms with Gasteiger partial charge >= 0.3 is 0 Å². The Kier molecular flexibility index (Phi) is 5.11. The van der Waals surface area contributed by atoms with Crippen LogP contribution in [0.25, 0.3) is 0 Å². The maximum Gasteiger partial charge on any atom is 0.250 e. The summed E-state index contributed by atoms with van der Waals surface area (Å²) in [5.41, 5.74) is 4.76. The van der Waals surface area contributed by atoms with Crippen LogP contribution in [0, 0.1) is 5.82 Å². The molecule has 28 heavy (non-hydrogen) atoms. The van der Waals surface area contributed by atoms with Crippen LogP contribution in [-0.2, 0) is 25.1 Å². The number of guanidine groups is 1. The number of nitrogens with zero attached hydrogens (tertiary/aromatic N) is 2. The fraction of sp³-hybridized carbons (Fsp3) is 0.529. The second kappa shape index (κ2) is 6.98. The van der Waals surface area contributed by atoms with Gasteiger partial charge in [-0.1, -0.05) is 0 Å². The normalized spacial score (nSPS) is 29.0. The monoisotopic (exact) mass is 413 g/mol. The van der Waals surface area contributed by atoms with Crippen LogP contribution in [0.1, 0.15) is 18.9 Å². The molecule has 1 saturated heterocycles. The molecule has 1 amide bonds. The highest BCUT2D eigenvalue weighted by Gasteiger charge is 2.64. The Hall–Kier alpha value is -2.24. The Bertz CT molecular complexity index is 929. The summed E-state index contributed by atoms with van der Waals surface area (Å²) in [5, 5.41) is 5.66. The predicted molar refractivity (Wildman–Crippen MR) is 103 cm³/mol. The average Bonchev–Trinajstić information content (AvgIpc) is 3.13. The van der Waals surface area contributed by atoms with Crippen LogP contribution in [0.3, 0.4) is 0 Å². The molecular formula is C17H24FN5O4S. The molecule has 2 heterocycles. The first-order chi connectivity index (χ1) is 13.1. The summed E-state index contributed by atoms with van der Waals surface area (Å²) in [6, 6.07) is 3.97. The molecule has 2 atom stereocenters. The Balaban J connectivity index is 2.18. The van der Waals surface area contributed by atoms with E-state index in [-0.39, 0.29) is 31.1 Å². The van der Waals surface area contributed by atoms with Crippen LogP contribution in [0.5, 0.6) is 0 Å². The van der Waals surface area contributed by atoms with Crippen LogP contribution in [0.15, 0.2) is 23.2 Å². The van der Waals surface area contributed by atoms with Gasteiger partial charge in [0, 0.05) is 32.0 Å². The highest BCUT2D eigenvalue weighted by atomic mass is 32.2. The number of rotatable bonds is 4. The number of aliphatic imine (C=N–C) groups is 1. The Labute approximate surface area is 163 Å². The van der Waals surface area contributed by atoms with Crippen molar-refractivity contribution < 1.29 is 22.3 Å². The van der Waals surface area contributed by atoms with E-state index in [4.69, 9.17) is 10.5 Å². The quantitative estimate of drug-likeness (QED) is 0.635. The lowest BCUT2D eigenvalue weighted by atomic mass is 9.78. The smallest absolute Gasteiger partial charge is 0.250 e.